The van der Waals surface area contributed by atoms with Crippen molar-refractivity contribution >= 4 is 29.7 Å². The lowest BCUT2D eigenvalue weighted by Gasteiger charge is -2.26. The molecule has 12 N–H and O–H groups in total. The molecule has 3 amide bonds. The maximum absolute atomic E-state index is 13.5. The first-order chi connectivity index (χ1) is 20.3. The summed E-state index contributed by atoms with van der Waals surface area (Å²) < 4.78 is 0. The lowest BCUT2D eigenvalue weighted by molar-refractivity contribution is -0.143. The Balaban J connectivity index is 2.26. The topological polar surface area (TPSA) is 255 Å². The molecular weight excluding hydrogens is 558 g/mol. The quantitative estimate of drug-likeness (QED) is 0.0676. The van der Waals surface area contributed by atoms with E-state index in [1.807, 2.05) is 0 Å². The van der Waals surface area contributed by atoms with E-state index >= 15 is 0 Å². The molecule has 0 saturated heterocycles. The minimum Gasteiger partial charge on any atom is -0.508 e. The molecule has 4 atom stereocenters. The van der Waals surface area contributed by atoms with Gasteiger partial charge in [-0.3, -0.25) is 19.4 Å². The highest BCUT2D eigenvalue weighted by Gasteiger charge is 2.31. The molecule has 0 aromatic heterocycles. The van der Waals surface area contributed by atoms with Crippen molar-refractivity contribution < 1.29 is 34.5 Å². The first-order valence-electron chi connectivity index (χ1n) is 13.8. The van der Waals surface area contributed by atoms with E-state index in [4.69, 9.17) is 17.2 Å². The molecule has 0 radical (unpaired) electrons. The summed E-state index contributed by atoms with van der Waals surface area (Å²) in [5.74, 6) is -3.80. The summed E-state index contributed by atoms with van der Waals surface area (Å²) >= 11 is 0. The fraction of sp³-hybridized carbons (Fsp3) is 0.414. The van der Waals surface area contributed by atoms with Gasteiger partial charge >= 0.3 is 5.97 Å². The van der Waals surface area contributed by atoms with Crippen molar-refractivity contribution in [2.24, 2.45) is 28.1 Å². The number of nitrogens with zero attached hydrogens (tertiary/aromatic N) is 1. The molecule has 4 unspecified atom stereocenters. The minimum atomic E-state index is -1.23. The first-order valence-corrected chi connectivity index (χ1v) is 13.8. The average molecular weight is 600 g/mol. The van der Waals surface area contributed by atoms with Gasteiger partial charge in [0.15, 0.2) is 5.96 Å². The number of phenols is 2. The van der Waals surface area contributed by atoms with Gasteiger partial charge < -0.3 is 48.5 Å². The lowest BCUT2D eigenvalue weighted by atomic mass is 10.0. The number of rotatable bonds is 16. The number of nitrogens with two attached hydrogens (primary N) is 3. The van der Waals surface area contributed by atoms with Crippen LogP contribution >= 0.6 is 0 Å². The van der Waals surface area contributed by atoms with E-state index in [-0.39, 0.29) is 43.3 Å². The molecule has 0 bridgehead atoms. The number of carbonyl (C=O) groups excluding carboxylic acids is 3. The maximum Gasteiger partial charge on any atom is 0.326 e. The van der Waals surface area contributed by atoms with Gasteiger partial charge in [0.1, 0.15) is 29.6 Å². The van der Waals surface area contributed by atoms with Gasteiger partial charge in [-0.25, -0.2) is 4.79 Å². The second-order valence-corrected chi connectivity index (χ2v) is 10.5. The van der Waals surface area contributed by atoms with E-state index in [0.717, 1.165) is 0 Å². The van der Waals surface area contributed by atoms with E-state index in [1.165, 1.54) is 24.3 Å². The van der Waals surface area contributed by atoms with Crippen LogP contribution in [0.5, 0.6) is 11.5 Å². The Morgan fingerprint density at radius 3 is 1.74 bits per heavy atom. The number of amides is 3. The molecule has 0 fully saturated rings. The molecule has 0 saturated carbocycles. The van der Waals surface area contributed by atoms with Crippen molar-refractivity contribution in [2.45, 2.75) is 63.7 Å². The average Bonchev–Trinajstić information content (AvgIpc) is 2.94. The Labute approximate surface area is 249 Å². The van der Waals surface area contributed by atoms with Gasteiger partial charge in [-0.05, 0) is 60.6 Å². The van der Waals surface area contributed by atoms with E-state index < -0.39 is 53.8 Å². The van der Waals surface area contributed by atoms with E-state index in [0.29, 0.717) is 17.5 Å². The summed E-state index contributed by atoms with van der Waals surface area (Å²) in [6.45, 7) is 3.44. The number of carbonyl (C=O) groups is 4. The number of carboxylic acid groups (broad SMARTS) is 1. The zero-order valence-corrected chi connectivity index (χ0v) is 24.2. The number of nitrogens with one attached hydrogen (secondary N) is 3. The molecule has 0 aliphatic heterocycles. The van der Waals surface area contributed by atoms with Crippen LogP contribution in [-0.2, 0) is 32.0 Å². The van der Waals surface area contributed by atoms with Crippen molar-refractivity contribution in [3.05, 3.63) is 59.7 Å². The van der Waals surface area contributed by atoms with Crippen molar-refractivity contribution in [3.8, 4) is 11.5 Å². The van der Waals surface area contributed by atoms with Crippen LogP contribution in [0.15, 0.2) is 53.5 Å². The minimum absolute atomic E-state index is 0.00623. The Morgan fingerprint density at radius 1 is 0.767 bits per heavy atom. The normalized spacial score (nSPS) is 13.7. The van der Waals surface area contributed by atoms with Crippen LogP contribution in [-0.4, -0.2) is 75.7 Å². The standard InChI is InChI=1S/C29H41N7O7/c1-16(2)24(28(42)43)36-27(41)23(15-18-7-11-20(38)12-8-18)35-26(40)22(4-3-13-33-29(31)32)34-25(39)21(30)14-17-5-9-19(37)10-6-17/h5-12,16,21-24,37-38H,3-4,13-15,30H2,1-2H3,(H,34,39)(H,35,40)(H,36,41)(H,42,43)(H4,31,32,33). The second kappa shape index (κ2) is 16.6. The third-order valence-corrected chi connectivity index (χ3v) is 6.55. The zero-order valence-electron chi connectivity index (χ0n) is 24.2. The molecule has 0 spiro atoms. The molecule has 0 heterocycles. The van der Waals surface area contributed by atoms with Crippen LogP contribution < -0.4 is 33.2 Å². The maximum atomic E-state index is 13.5. The van der Waals surface area contributed by atoms with Crippen molar-refractivity contribution in [3.63, 3.8) is 0 Å². The molecule has 2 aromatic rings. The number of hydrogen-bond donors (Lipinski definition) is 9. The molecule has 14 heteroatoms. The molecule has 43 heavy (non-hydrogen) atoms. The van der Waals surface area contributed by atoms with Gasteiger partial charge in [-0.15, -0.1) is 0 Å². The van der Waals surface area contributed by atoms with Crippen LogP contribution in [0.1, 0.15) is 37.8 Å². The predicted molar refractivity (Wildman–Crippen MR) is 160 cm³/mol. The third-order valence-electron chi connectivity index (χ3n) is 6.55. The summed E-state index contributed by atoms with van der Waals surface area (Å²) in [4.78, 5) is 55.4. The molecule has 2 aromatic carbocycles. The number of phenolic OH excluding ortho intramolecular Hbond substituents is 2. The Kier molecular flexibility index (Phi) is 13.2. The SMILES string of the molecule is CC(C)C(NC(=O)C(Cc1ccc(O)cc1)NC(=O)C(CCCN=C(N)N)NC(=O)C(N)Cc1ccc(O)cc1)C(=O)O. The van der Waals surface area contributed by atoms with Crippen LogP contribution in [0.25, 0.3) is 0 Å². The largest absolute Gasteiger partial charge is 0.508 e. The van der Waals surface area contributed by atoms with Crippen LogP contribution in [0.3, 0.4) is 0 Å². The molecule has 0 aliphatic carbocycles. The van der Waals surface area contributed by atoms with Crippen LogP contribution in [0.2, 0.25) is 0 Å². The number of aliphatic imine (C=N–C) groups is 1. The van der Waals surface area contributed by atoms with E-state index in [2.05, 4.69) is 20.9 Å². The number of benzene rings is 2. The number of hydrogen-bond acceptors (Lipinski definition) is 8. The second-order valence-electron chi connectivity index (χ2n) is 10.5. The molecule has 0 aliphatic rings. The summed E-state index contributed by atoms with van der Waals surface area (Å²) in [6.07, 6.45) is 0.494. The number of carboxylic acids is 1. The van der Waals surface area contributed by atoms with Gasteiger partial charge in [0.2, 0.25) is 17.7 Å². The highest BCUT2D eigenvalue weighted by Crippen LogP contribution is 2.14. The number of aromatic hydroxyl groups is 2. The Hall–Kier alpha value is -4.85. The number of guanidine groups is 1. The highest BCUT2D eigenvalue weighted by atomic mass is 16.4. The van der Waals surface area contributed by atoms with Gasteiger partial charge in [0, 0.05) is 13.0 Å². The van der Waals surface area contributed by atoms with Gasteiger partial charge in [0.25, 0.3) is 0 Å². The molecule has 14 nitrogen and oxygen atoms in total. The summed E-state index contributed by atoms with van der Waals surface area (Å²) in [5.41, 5.74) is 18.1. The van der Waals surface area contributed by atoms with Crippen molar-refractivity contribution in [1.82, 2.24) is 16.0 Å². The fourth-order valence-electron chi connectivity index (χ4n) is 4.15. The van der Waals surface area contributed by atoms with Gasteiger partial charge in [0.05, 0.1) is 6.04 Å². The highest BCUT2D eigenvalue weighted by molar-refractivity contribution is 5.94. The molecule has 2 rings (SSSR count). The third kappa shape index (κ3) is 11.9. The molecule has 234 valence electrons. The first kappa shape index (κ1) is 34.4. The lowest BCUT2D eigenvalue weighted by Crippen LogP contribution is -2.58. The summed E-state index contributed by atoms with van der Waals surface area (Å²) in [5, 5.41) is 36.4. The zero-order chi connectivity index (χ0) is 32.1. The van der Waals surface area contributed by atoms with Crippen LogP contribution in [0.4, 0.5) is 0 Å². The van der Waals surface area contributed by atoms with Crippen molar-refractivity contribution in [2.75, 3.05) is 6.54 Å². The van der Waals surface area contributed by atoms with Gasteiger partial charge in [-0.2, -0.15) is 0 Å². The predicted octanol–water partition coefficient (Wildman–Crippen LogP) is -0.541. The molecular formula is C29H41N7O7. The number of aliphatic carboxylic acids is 1. The van der Waals surface area contributed by atoms with E-state index in [9.17, 15) is 34.5 Å². The fourth-order valence-corrected chi connectivity index (χ4v) is 4.15. The van der Waals surface area contributed by atoms with Crippen molar-refractivity contribution in [1.29, 1.82) is 0 Å². The Morgan fingerprint density at radius 2 is 1.26 bits per heavy atom. The smallest absolute Gasteiger partial charge is 0.326 e. The van der Waals surface area contributed by atoms with Gasteiger partial charge in [-0.1, -0.05) is 38.1 Å². The monoisotopic (exact) mass is 599 g/mol. The van der Waals surface area contributed by atoms with E-state index in [1.54, 1.807) is 38.1 Å². The Bertz CT molecular complexity index is 1260. The van der Waals surface area contributed by atoms with Crippen LogP contribution in [0, 0.1) is 5.92 Å². The summed E-state index contributed by atoms with van der Waals surface area (Å²) in [6, 6.07) is 7.54. The summed E-state index contributed by atoms with van der Waals surface area (Å²) in [7, 11) is 0.